The summed E-state index contributed by atoms with van der Waals surface area (Å²) >= 11 is 0. The number of amides is 1. The number of rotatable bonds is 7. The van der Waals surface area contributed by atoms with Crippen LogP contribution in [-0.2, 0) is 0 Å². The second-order valence-corrected chi connectivity index (χ2v) is 4.95. The molecule has 5 nitrogen and oxygen atoms in total. The van der Waals surface area contributed by atoms with E-state index in [4.69, 9.17) is 4.42 Å². The van der Waals surface area contributed by atoms with Gasteiger partial charge in [0.25, 0.3) is 5.91 Å². The number of likely N-dealkylation sites (tertiary alicyclic amines) is 1. The van der Waals surface area contributed by atoms with Gasteiger partial charge in [0, 0.05) is 12.6 Å². The van der Waals surface area contributed by atoms with E-state index in [9.17, 15) is 9.90 Å². The Bertz CT molecular complexity index is 378. The molecule has 19 heavy (non-hydrogen) atoms. The number of nitrogens with one attached hydrogen (secondary N) is 1. The molecule has 1 aromatic rings. The van der Waals surface area contributed by atoms with E-state index in [1.807, 2.05) is 0 Å². The normalized spacial score (nSPS) is 19.7. The third-order valence-electron chi connectivity index (χ3n) is 3.61. The average molecular weight is 266 g/mol. The van der Waals surface area contributed by atoms with Crippen LogP contribution in [0.15, 0.2) is 22.8 Å². The number of aliphatic hydroxyl groups is 1. The van der Waals surface area contributed by atoms with E-state index in [1.54, 1.807) is 12.1 Å². The highest BCUT2D eigenvalue weighted by atomic mass is 16.3. The fourth-order valence-electron chi connectivity index (χ4n) is 2.53. The summed E-state index contributed by atoms with van der Waals surface area (Å²) in [5, 5.41) is 12.0. The van der Waals surface area contributed by atoms with Crippen LogP contribution in [0.5, 0.6) is 0 Å². The lowest BCUT2D eigenvalue weighted by atomic mass is 10.2. The Labute approximate surface area is 113 Å². The first-order chi connectivity index (χ1) is 9.31. The van der Waals surface area contributed by atoms with Crippen LogP contribution in [-0.4, -0.2) is 48.2 Å². The Kier molecular flexibility index (Phi) is 5.42. The number of furan rings is 1. The summed E-state index contributed by atoms with van der Waals surface area (Å²) in [5.74, 6) is 0.208. The highest BCUT2D eigenvalue weighted by molar-refractivity contribution is 5.91. The molecule has 1 amide bonds. The summed E-state index contributed by atoms with van der Waals surface area (Å²) in [6, 6.07) is 3.71. The van der Waals surface area contributed by atoms with Crippen molar-refractivity contribution >= 4 is 5.91 Å². The van der Waals surface area contributed by atoms with E-state index in [-0.39, 0.29) is 12.5 Å². The molecule has 2 rings (SSSR count). The van der Waals surface area contributed by atoms with Crippen molar-refractivity contribution in [3.05, 3.63) is 24.2 Å². The van der Waals surface area contributed by atoms with Crippen molar-refractivity contribution in [2.24, 2.45) is 0 Å². The van der Waals surface area contributed by atoms with Gasteiger partial charge in [-0.25, -0.2) is 0 Å². The van der Waals surface area contributed by atoms with Gasteiger partial charge in [0.05, 0.1) is 12.9 Å². The fourth-order valence-corrected chi connectivity index (χ4v) is 2.53. The molecular weight excluding hydrogens is 244 g/mol. The zero-order valence-corrected chi connectivity index (χ0v) is 11.2. The van der Waals surface area contributed by atoms with E-state index < -0.39 is 0 Å². The number of carbonyl (C=O) groups is 1. The molecule has 0 saturated carbocycles. The van der Waals surface area contributed by atoms with Gasteiger partial charge in [-0.05, 0) is 50.9 Å². The van der Waals surface area contributed by atoms with Crippen LogP contribution < -0.4 is 5.32 Å². The van der Waals surface area contributed by atoms with Crippen LogP contribution in [0.4, 0.5) is 0 Å². The topological polar surface area (TPSA) is 65.7 Å². The molecule has 0 aromatic carbocycles. The lowest BCUT2D eigenvalue weighted by Crippen LogP contribution is -2.33. The first-order valence-electron chi connectivity index (χ1n) is 6.98. The molecule has 0 radical (unpaired) electrons. The Morgan fingerprint density at radius 1 is 1.53 bits per heavy atom. The standard InChI is InChI=1S/C14H22N2O3/c17-11-12-5-3-9-16(12)8-2-1-7-15-14(18)13-6-4-10-19-13/h4,6,10,12,17H,1-3,5,7-9,11H2,(H,15,18). The molecule has 0 aliphatic carbocycles. The minimum Gasteiger partial charge on any atom is -0.459 e. The third-order valence-corrected chi connectivity index (χ3v) is 3.61. The molecule has 2 N–H and O–H groups in total. The van der Waals surface area contributed by atoms with Crippen molar-refractivity contribution in [1.82, 2.24) is 10.2 Å². The summed E-state index contributed by atoms with van der Waals surface area (Å²) in [6.07, 6.45) is 5.76. The molecule has 0 spiro atoms. The zero-order chi connectivity index (χ0) is 13.5. The molecule has 1 unspecified atom stereocenters. The van der Waals surface area contributed by atoms with Gasteiger partial charge >= 0.3 is 0 Å². The highest BCUT2D eigenvalue weighted by Gasteiger charge is 2.22. The van der Waals surface area contributed by atoms with Crippen LogP contribution in [0.1, 0.15) is 36.2 Å². The second-order valence-electron chi connectivity index (χ2n) is 4.95. The predicted molar refractivity (Wildman–Crippen MR) is 72.0 cm³/mol. The maximum atomic E-state index is 11.6. The quantitative estimate of drug-likeness (QED) is 0.729. The molecule has 5 heteroatoms. The number of hydrogen-bond acceptors (Lipinski definition) is 4. The predicted octanol–water partition coefficient (Wildman–Crippen LogP) is 1.25. The minimum absolute atomic E-state index is 0.153. The lowest BCUT2D eigenvalue weighted by molar-refractivity contribution is 0.0924. The summed E-state index contributed by atoms with van der Waals surface area (Å²) in [6.45, 7) is 3.01. The minimum atomic E-state index is -0.153. The van der Waals surface area contributed by atoms with Crippen molar-refractivity contribution in [2.45, 2.75) is 31.7 Å². The first-order valence-corrected chi connectivity index (χ1v) is 6.98. The van der Waals surface area contributed by atoms with E-state index in [0.717, 1.165) is 32.4 Å². The molecule has 0 bridgehead atoms. The van der Waals surface area contributed by atoms with Gasteiger partial charge in [0.1, 0.15) is 0 Å². The molecule has 106 valence electrons. The molecule has 1 atom stereocenters. The van der Waals surface area contributed by atoms with Crippen molar-refractivity contribution in [1.29, 1.82) is 0 Å². The highest BCUT2D eigenvalue weighted by Crippen LogP contribution is 2.16. The van der Waals surface area contributed by atoms with Gasteiger partial charge in [0.2, 0.25) is 0 Å². The molecule has 1 aliphatic rings. The Hall–Kier alpha value is -1.33. The molecule has 1 fully saturated rings. The number of carbonyl (C=O) groups excluding carboxylic acids is 1. The first kappa shape index (κ1) is 14.1. The monoisotopic (exact) mass is 266 g/mol. The Balaban J connectivity index is 1.56. The summed E-state index contributed by atoms with van der Waals surface area (Å²) in [7, 11) is 0. The SMILES string of the molecule is O=C(NCCCCN1CCCC1CO)c1ccco1. The van der Waals surface area contributed by atoms with Gasteiger partial charge < -0.3 is 14.8 Å². The summed E-state index contributed by atoms with van der Waals surface area (Å²) < 4.78 is 5.01. The number of aliphatic hydroxyl groups excluding tert-OH is 1. The van der Waals surface area contributed by atoms with Crippen LogP contribution in [0.25, 0.3) is 0 Å². The summed E-state index contributed by atoms with van der Waals surface area (Å²) in [5.41, 5.74) is 0. The van der Waals surface area contributed by atoms with Crippen LogP contribution in [0.3, 0.4) is 0 Å². The van der Waals surface area contributed by atoms with Gasteiger partial charge in [-0.3, -0.25) is 9.69 Å². The molecule has 1 saturated heterocycles. The van der Waals surface area contributed by atoms with Crippen molar-refractivity contribution < 1.29 is 14.3 Å². The molecule has 1 aliphatic heterocycles. The number of nitrogens with zero attached hydrogens (tertiary/aromatic N) is 1. The van der Waals surface area contributed by atoms with Gasteiger partial charge in [-0.1, -0.05) is 0 Å². The maximum Gasteiger partial charge on any atom is 0.286 e. The largest absolute Gasteiger partial charge is 0.459 e. The van der Waals surface area contributed by atoms with E-state index in [2.05, 4.69) is 10.2 Å². The fraction of sp³-hybridized carbons (Fsp3) is 0.643. The van der Waals surface area contributed by atoms with Crippen LogP contribution in [0, 0.1) is 0 Å². The maximum absolute atomic E-state index is 11.6. The van der Waals surface area contributed by atoms with E-state index in [0.29, 0.717) is 18.3 Å². The van der Waals surface area contributed by atoms with Gasteiger partial charge in [-0.15, -0.1) is 0 Å². The van der Waals surface area contributed by atoms with Crippen molar-refractivity contribution in [2.75, 3.05) is 26.2 Å². The molecular formula is C14H22N2O3. The van der Waals surface area contributed by atoms with Crippen molar-refractivity contribution in [3.8, 4) is 0 Å². The Morgan fingerprint density at radius 3 is 3.16 bits per heavy atom. The van der Waals surface area contributed by atoms with Gasteiger partial charge in [-0.2, -0.15) is 0 Å². The van der Waals surface area contributed by atoms with Gasteiger partial charge in [0.15, 0.2) is 5.76 Å². The third kappa shape index (κ3) is 4.08. The van der Waals surface area contributed by atoms with Crippen LogP contribution in [0.2, 0.25) is 0 Å². The molecule has 1 aromatic heterocycles. The van der Waals surface area contributed by atoms with Crippen molar-refractivity contribution in [3.63, 3.8) is 0 Å². The summed E-state index contributed by atoms with van der Waals surface area (Å²) in [4.78, 5) is 13.9. The van der Waals surface area contributed by atoms with Crippen LogP contribution >= 0.6 is 0 Å². The molecule has 2 heterocycles. The van der Waals surface area contributed by atoms with E-state index in [1.165, 1.54) is 12.7 Å². The second kappa shape index (κ2) is 7.31. The number of hydrogen-bond donors (Lipinski definition) is 2. The zero-order valence-electron chi connectivity index (χ0n) is 11.2. The smallest absolute Gasteiger partial charge is 0.286 e. The number of unbranched alkanes of at least 4 members (excludes halogenated alkanes) is 1. The van der Waals surface area contributed by atoms with E-state index >= 15 is 0 Å². The Morgan fingerprint density at radius 2 is 2.42 bits per heavy atom. The average Bonchev–Trinajstić information content (AvgIpc) is 3.09. The lowest BCUT2D eigenvalue weighted by Gasteiger charge is -2.22.